The van der Waals surface area contributed by atoms with Crippen molar-refractivity contribution in [2.24, 2.45) is 0 Å². The number of nitrogens with zero attached hydrogens (tertiary/aromatic N) is 1. The standard InChI is InChI=1S/C16H22N2O4S3/c1-16(2,3)22-14(19)17-8-9-23-10-11-25(20,21)15-18-12-6-4-5-7-13(12)24-15/h4-7H,8-11H2,1-3H3,(H,17,19). The zero-order chi connectivity index (χ0) is 18.5. The van der Waals surface area contributed by atoms with Crippen LogP contribution in [0.15, 0.2) is 28.6 Å². The number of hydrogen-bond acceptors (Lipinski definition) is 7. The predicted octanol–water partition coefficient (Wildman–Crippen LogP) is 3.33. The van der Waals surface area contributed by atoms with E-state index in [1.54, 1.807) is 20.8 Å². The topological polar surface area (TPSA) is 85.4 Å². The Hall–Kier alpha value is -1.32. The summed E-state index contributed by atoms with van der Waals surface area (Å²) in [6.07, 6.45) is -0.463. The maximum atomic E-state index is 12.3. The number of aromatic nitrogens is 1. The van der Waals surface area contributed by atoms with Crippen molar-refractivity contribution in [2.75, 3.05) is 23.8 Å². The molecule has 0 fully saturated rings. The molecule has 0 saturated heterocycles. The van der Waals surface area contributed by atoms with Crippen molar-refractivity contribution in [3.8, 4) is 0 Å². The summed E-state index contributed by atoms with van der Waals surface area (Å²) in [7, 11) is -3.38. The monoisotopic (exact) mass is 402 g/mol. The Bertz CT molecular complexity index is 792. The molecule has 0 aliphatic heterocycles. The van der Waals surface area contributed by atoms with Gasteiger partial charge in [-0.2, -0.15) is 11.8 Å². The predicted molar refractivity (Wildman–Crippen MR) is 103 cm³/mol. The lowest BCUT2D eigenvalue weighted by Gasteiger charge is -2.19. The first-order chi connectivity index (χ1) is 11.7. The minimum absolute atomic E-state index is 0.0317. The van der Waals surface area contributed by atoms with E-state index in [0.717, 1.165) is 4.70 Å². The molecule has 138 valence electrons. The molecule has 0 radical (unpaired) electrons. The first-order valence-corrected chi connectivity index (χ1v) is 11.4. The molecule has 0 saturated carbocycles. The van der Waals surface area contributed by atoms with Crippen LogP contribution < -0.4 is 5.32 Å². The molecular formula is C16H22N2O4S3. The van der Waals surface area contributed by atoms with Crippen molar-refractivity contribution in [2.45, 2.75) is 30.7 Å². The molecule has 25 heavy (non-hydrogen) atoms. The lowest BCUT2D eigenvalue weighted by molar-refractivity contribution is 0.0531. The number of fused-ring (bicyclic) bond motifs is 1. The molecule has 2 aromatic rings. The van der Waals surface area contributed by atoms with Crippen LogP contribution in [0.2, 0.25) is 0 Å². The number of amides is 1. The molecule has 1 N–H and O–H groups in total. The highest BCUT2D eigenvalue weighted by atomic mass is 32.2. The number of para-hydroxylation sites is 1. The van der Waals surface area contributed by atoms with Crippen LogP contribution in [0.1, 0.15) is 20.8 Å². The number of thiazole rings is 1. The lowest BCUT2D eigenvalue weighted by atomic mass is 10.2. The molecule has 0 spiro atoms. The van der Waals surface area contributed by atoms with E-state index in [-0.39, 0.29) is 10.1 Å². The number of carbonyl (C=O) groups excluding carboxylic acids is 1. The molecule has 0 aliphatic carbocycles. The highest BCUT2D eigenvalue weighted by Gasteiger charge is 2.19. The van der Waals surface area contributed by atoms with E-state index in [9.17, 15) is 13.2 Å². The Kier molecular flexibility index (Phi) is 6.70. The molecule has 1 aromatic heterocycles. The average molecular weight is 403 g/mol. The van der Waals surface area contributed by atoms with Crippen LogP contribution in [0.4, 0.5) is 4.79 Å². The summed E-state index contributed by atoms with van der Waals surface area (Å²) in [6, 6.07) is 7.38. The van der Waals surface area contributed by atoms with Gasteiger partial charge in [-0.3, -0.25) is 0 Å². The fourth-order valence-electron chi connectivity index (χ4n) is 1.88. The zero-order valence-electron chi connectivity index (χ0n) is 14.4. The fourth-order valence-corrected chi connectivity index (χ4v) is 5.82. The van der Waals surface area contributed by atoms with Gasteiger partial charge in [-0.15, -0.1) is 11.3 Å². The zero-order valence-corrected chi connectivity index (χ0v) is 16.9. The molecule has 6 nitrogen and oxygen atoms in total. The van der Waals surface area contributed by atoms with Crippen LogP contribution in [0.5, 0.6) is 0 Å². The Labute approximate surface area is 156 Å². The maximum Gasteiger partial charge on any atom is 0.407 e. The molecule has 9 heteroatoms. The summed E-state index contributed by atoms with van der Waals surface area (Å²) in [5.41, 5.74) is 0.183. The van der Waals surface area contributed by atoms with Gasteiger partial charge in [0.25, 0.3) is 0 Å². The molecule has 2 rings (SSSR count). The van der Waals surface area contributed by atoms with Crippen molar-refractivity contribution >= 4 is 49.2 Å². The van der Waals surface area contributed by atoms with Crippen LogP contribution >= 0.6 is 23.1 Å². The maximum absolute atomic E-state index is 12.3. The van der Waals surface area contributed by atoms with Crippen LogP contribution in [0.25, 0.3) is 10.2 Å². The summed E-state index contributed by atoms with van der Waals surface area (Å²) in [6.45, 7) is 5.83. The quantitative estimate of drug-likeness (QED) is 0.715. The molecule has 0 aliphatic rings. The van der Waals surface area contributed by atoms with Crippen molar-refractivity contribution in [1.29, 1.82) is 0 Å². The highest BCUT2D eigenvalue weighted by molar-refractivity contribution is 8.01. The van der Waals surface area contributed by atoms with E-state index in [2.05, 4.69) is 10.3 Å². The Morgan fingerprint density at radius 1 is 1.28 bits per heavy atom. The van der Waals surface area contributed by atoms with Crippen molar-refractivity contribution in [3.05, 3.63) is 24.3 Å². The van der Waals surface area contributed by atoms with Crippen LogP contribution in [-0.2, 0) is 14.6 Å². The highest BCUT2D eigenvalue weighted by Crippen LogP contribution is 2.26. The van der Waals surface area contributed by atoms with Gasteiger partial charge in [-0.1, -0.05) is 12.1 Å². The van der Waals surface area contributed by atoms with Crippen molar-refractivity contribution in [3.63, 3.8) is 0 Å². The van der Waals surface area contributed by atoms with Crippen LogP contribution in [0.3, 0.4) is 0 Å². The Morgan fingerprint density at radius 2 is 2.00 bits per heavy atom. The normalized spacial score (nSPS) is 12.3. The van der Waals surface area contributed by atoms with Gasteiger partial charge in [0.15, 0.2) is 0 Å². The van der Waals surface area contributed by atoms with Gasteiger partial charge in [0.1, 0.15) is 5.60 Å². The van der Waals surface area contributed by atoms with Crippen molar-refractivity contribution in [1.82, 2.24) is 10.3 Å². The molecule has 0 bridgehead atoms. The third-order valence-corrected chi connectivity index (χ3v) is 7.40. The van der Waals surface area contributed by atoms with Crippen molar-refractivity contribution < 1.29 is 17.9 Å². The minimum Gasteiger partial charge on any atom is -0.444 e. The van der Waals surface area contributed by atoms with E-state index in [0.29, 0.717) is 23.6 Å². The number of alkyl carbamates (subject to hydrolysis) is 1. The van der Waals surface area contributed by atoms with E-state index < -0.39 is 21.5 Å². The fraction of sp³-hybridized carbons (Fsp3) is 0.500. The summed E-state index contributed by atoms with van der Waals surface area (Å²) in [4.78, 5) is 15.7. The number of rotatable bonds is 7. The summed E-state index contributed by atoms with van der Waals surface area (Å²) >= 11 is 2.67. The first kappa shape index (κ1) is 20.0. The number of hydrogen-bond donors (Lipinski definition) is 1. The average Bonchev–Trinajstić information content (AvgIpc) is 2.94. The van der Waals surface area contributed by atoms with Gasteiger partial charge < -0.3 is 10.1 Å². The number of carbonyl (C=O) groups is 1. The summed E-state index contributed by atoms with van der Waals surface area (Å²) in [5, 5.41) is 2.64. The molecule has 1 heterocycles. The third kappa shape index (κ3) is 6.48. The van der Waals surface area contributed by atoms with E-state index in [4.69, 9.17) is 4.74 Å². The van der Waals surface area contributed by atoms with Gasteiger partial charge in [0.2, 0.25) is 14.2 Å². The number of thioether (sulfide) groups is 1. The van der Waals surface area contributed by atoms with E-state index in [1.165, 1.54) is 23.1 Å². The number of sulfone groups is 1. The number of benzene rings is 1. The van der Waals surface area contributed by atoms with E-state index in [1.807, 2.05) is 24.3 Å². The molecular weight excluding hydrogens is 380 g/mol. The molecule has 0 atom stereocenters. The number of nitrogens with one attached hydrogen (secondary N) is 1. The molecule has 1 aromatic carbocycles. The first-order valence-electron chi connectivity index (χ1n) is 7.80. The largest absolute Gasteiger partial charge is 0.444 e. The van der Waals surface area contributed by atoms with Crippen LogP contribution in [0, 0.1) is 0 Å². The number of ether oxygens (including phenoxy) is 1. The SMILES string of the molecule is CC(C)(C)OC(=O)NCCSCCS(=O)(=O)c1nc2ccccc2s1. The van der Waals surface area contributed by atoms with Gasteiger partial charge >= 0.3 is 6.09 Å². The minimum atomic E-state index is -3.38. The van der Waals surface area contributed by atoms with Crippen LogP contribution in [-0.4, -0.2) is 48.9 Å². The second kappa shape index (κ2) is 8.37. The van der Waals surface area contributed by atoms with Gasteiger partial charge in [-0.25, -0.2) is 18.2 Å². The third-order valence-electron chi connectivity index (χ3n) is 2.95. The molecule has 0 unspecified atom stereocenters. The summed E-state index contributed by atoms with van der Waals surface area (Å²) < 4.78 is 30.8. The molecule has 1 amide bonds. The van der Waals surface area contributed by atoms with Gasteiger partial charge in [-0.05, 0) is 32.9 Å². The Balaban J connectivity index is 1.73. The second-order valence-electron chi connectivity index (χ2n) is 6.31. The lowest BCUT2D eigenvalue weighted by Crippen LogP contribution is -2.33. The Morgan fingerprint density at radius 3 is 2.68 bits per heavy atom. The smallest absolute Gasteiger partial charge is 0.407 e. The van der Waals surface area contributed by atoms with Gasteiger partial charge in [0.05, 0.1) is 16.0 Å². The van der Waals surface area contributed by atoms with Gasteiger partial charge in [0, 0.05) is 18.1 Å². The second-order valence-corrected chi connectivity index (χ2v) is 10.8. The summed E-state index contributed by atoms with van der Waals surface area (Å²) in [5.74, 6) is 1.10. The van der Waals surface area contributed by atoms with E-state index >= 15 is 0 Å².